The number of amides is 1. The van der Waals surface area contributed by atoms with E-state index in [4.69, 9.17) is 10.5 Å². The lowest BCUT2D eigenvalue weighted by atomic mass is 10.1. The number of aryl methyl sites for hydroxylation is 3. The van der Waals surface area contributed by atoms with Gasteiger partial charge in [0.2, 0.25) is 5.43 Å². The zero-order chi connectivity index (χ0) is 17.8. The molecule has 0 fully saturated rings. The molecule has 8 heteroatoms. The zero-order valence-corrected chi connectivity index (χ0v) is 13.6. The van der Waals surface area contributed by atoms with Gasteiger partial charge in [-0.15, -0.1) is 0 Å². The third-order valence-electron chi connectivity index (χ3n) is 3.63. The van der Waals surface area contributed by atoms with Gasteiger partial charge >= 0.3 is 6.09 Å². The molecule has 0 atom stereocenters. The maximum atomic E-state index is 12.0. The minimum atomic E-state index is -0.850. The quantitative estimate of drug-likeness (QED) is 0.752. The standard InChI is InChI=1S/C17H17N5O3/c1-21-11-13(10-19-21)22-9-8-16(23)15(20-22)7-4-12-2-5-14(6-3-12)25-17(18)24/h2-3,5-6,8-11H,4,7H2,1H3,(H2,18,24). The molecule has 3 rings (SSSR count). The highest BCUT2D eigenvalue weighted by molar-refractivity contribution is 5.68. The summed E-state index contributed by atoms with van der Waals surface area (Å²) in [5.41, 5.74) is 7.12. The monoisotopic (exact) mass is 339 g/mol. The van der Waals surface area contributed by atoms with E-state index in [1.165, 1.54) is 6.07 Å². The number of benzene rings is 1. The first-order valence-corrected chi connectivity index (χ1v) is 7.65. The molecule has 2 aromatic heterocycles. The minimum absolute atomic E-state index is 0.103. The lowest BCUT2D eigenvalue weighted by molar-refractivity contribution is 0.211. The Bertz CT molecular complexity index is 943. The summed E-state index contributed by atoms with van der Waals surface area (Å²) in [7, 11) is 1.82. The van der Waals surface area contributed by atoms with E-state index < -0.39 is 6.09 Å². The average molecular weight is 339 g/mol. The molecule has 1 amide bonds. The van der Waals surface area contributed by atoms with E-state index in [1.807, 2.05) is 25.4 Å². The van der Waals surface area contributed by atoms with Crippen LogP contribution in [0.25, 0.3) is 5.69 Å². The summed E-state index contributed by atoms with van der Waals surface area (Å²) in [5, 5.41) is 8.49. The van der Waals surface area contributed by atoms with Crippen molar-refractivity contribution in [2.75, 3.05) is 0 Å². The van der Waals surface area contributed by atoms with Crippen LogP contribution in [0.1, 0.15) is 11.3 Å². The number of aromatic nitrogens is 4. The van der Waals surface area contributed by atoms with E-state index in [0.717, 1.165) is 11.3 Å². The van der Waals surface area contributed by atoms with Crippen molar-refractivity contribution in [3.63, 3.8) is 0 Å². The van der Waals surface area contributed by atoms with Gasteiger partial charge in [0, 0.05) is 19.3 Å². The van der Waals surface area contributed by atoms with Gasteiger partial charge in [-0.25, -0.2) is 9.48 Å². The normalized spacial score (nSPS) is 10.6. The molecule has 128 valence electrons. The van der Waals surface area contributed by atoms with Gasteiger partial charge in [-0.05, 0) is 30.5 Å². The molecule has 0 radical (unpaired) electrons. The van der Waals surface area contributed by atoms with Crippen molar-refractivity contribution in [2.24, 2.45) is 12.8 Å². The molecule has 2 N–H and O–H groups in total. The summed E-state index contributed by atoms with van der Waals surface area (Å²) in [6.45, 7) is 0. The van der Waals surface area contributed by atoms with E-state index in [9.17, 15) is 9.59 Å². The van der Waals surface area contributed by atoms with Crippen LogP contribution in [0.15, 0.2) is 53.7 Å². The van der Waals surface area contributed by atoms with Crippen LogP contribution in [0, 0.1) is 0 Å². The molecule has 0 aliphatic carbocycles. The van der Waals surface area contributed by atoms with Gasteiger partial charge in [-0.2, -0.15) is 10.2 Å². The van der Waals surface area contributed by atoms with E-state index in [0.29, 0.717) is 24.3 Å². The molecule has 0 spiro atoms. The number of rotatable bonds is 5. The van der Waals surface area contributed by atoms with Gasteiger partial charge in [0.15, 0.2) is 0 Å². The highest BCUT2D eigenvalue weighted by Crippen LogP contribution is 2.13. The number of hydrogen-bond donors (Lipinski definition) is 1. The molecule has 8 nitrogen and oxygen atoms in total. The fourth-order valence-corrected chi connectivity index (χ4v) is 2.39. The molecular formula is C17H17N5O3. The van der Waals surface area contributed by atoms with Gasteiger partial charge < -0.3 is 10.5 Å². The summed E-state index contributed by atoms with van der Waals surface area (Å²) in [5.74, 6) is 0.382. The van der Waals surface area contributed by atoms with Gasteiger partial charge in [0.25, 0.3) is 0 Å². The second kappa shape index (κ2) is 7.00. The molecule has 0 aliphatic heterocycles. The maximum absolute atomic E-state index is 12.0. The summed E-state index contributed by atoms with van der Waals surface area (Å²) < 4.78 is 8.09. The molecule has 0 saturated heterocycles. The Kier molecular flexibility index (Phi) is 4.60. The Morgan fingerprint density at radius 3 is 2.60 bits per heavy atom. The lowest BCUT2D eigenvalue weighted by Gasteiger charge is -2.06. The Morgan fingerprint density at radius 1 is 1.20 bits per heavy atom. The maximum Gasteiger partial charge on any atom is 0.409 e. The highest BCUT2D eigenvalue weighted by atomic mass is 16.5. The van der Waals surface area contributed by atoms with Crippen molar-refractivity contribution >= 4 is 6.09 Å². The molecule has 1 aromatic carbocycles. The largest absolute Gasteiger partial charge is 0.411 e. The van der Waals surface area contributed by atoms with E-state index in [-0.39, 0.29) is 5.43 Å². The minimum Gasteiger partial charge on any atom is -0.411 e. The predicted molar refractivity (Wildman–Crippen MR) is 90.7 cm³/mol. The second-order valence-corrected chi connectivity index (χ2v) is 5.51. The first kappa shape index (κ1) is 16.4. The van der Waals surface area contributed by atoms with E-state index in [1.54, 1.807) is 33.9 Å². The number of carbonyl (C=O) groups is 1. The first-order chi connectivity index (χ1) is 12.0. The predicted octanol–water partition coefficient (Wildman–Crippen LogP) is 1.21. The van der Waals surface area contributed by atoms with Crippen LogP contribution in [0.2, 0.25) is 0 Å². The third kappa shape index (κ3) is 4.11. The average Bonchev–Trinajstić information content (AvgIpc) is 3.01. The van der Waals surface area contributed by atoms with Crippen LogP contribution < -0.4 is 15.9 Å². The van der Waals surface area contributed by atoms with Gasteiger partial charge in [0.1, 0.15) is 17.1 Å². The Labute approximate surface area is 143 Å². The number of primary amides is 1. The van der Waals surface area contributed by atoms with Crippen LogP contribution in [0.3, 0.4) is 0 Å². The van der Waals surface area contributed by atoms with Crippen LogP contribution >= 0.6 is 0 Å². The van der Waals surface area contributed by atoms with Crippen LogP contribution in [0.5, 0.6) is 5.75 Å². The SMILES string of the molecule is Cn1cc(-n2ccc(=O)c(CCc3ccc(OC(N)=O)cc3)n2)cn1. The molecule has 0 unspecified atom stereocenters. The summed E-state index contributed by atoms with van der Waals surface area (Å²) >= 11 is 0. The van der Waals surface area contributed by atoms with Crippen molar-refractivity contribution in [3.8, 4) is 11.4 Å². The Morgan fingerprint density at radius 2 is 1.96 bits per heavy atom. The fourth-order valence-electron chi connectivity index (χ4n) is 2.39. The van der Waals surface area contributed by atoms with Crippen molar-refractivity contribution in [3.05, 3.63) is 70.4 Å². The van der Waals surface area contributed by atoms with Gasteiger partial charge in [-0.1, -0.05) is 12.1 Å². The third-order valence-corrected chi connectivity index (χ3v) is 3.63. The highest BCUT2D eigenvalue weighted by Gasteiger charge is 2.06. The molecule has 3 aromatic rings. The molecule has 0 saturated carbocycles. The second-order valence-electron chi connectivity index (χ2n) is 5.51. The summed E-state index contributed by atoms with van der Waals surface area (Å²) in [6.07, 6.45) is 5.40. The van der Waals surface area contributed by atoms with Gasteiger partial charge in [0.05, 0.1) is 12.4 Å². The van der Waals surface area contributed by atoms with Crippen LogP contribution in [-0.2, 0) is 19.9 Å². The van der Waals surface area contributed by atoms with E-state index >= 15 is 0 Å². The summed E-state index contributed by atoms with van der Waals surface area (Å²) in [6, 6.07) is 8.46. The Hall–Kier alpha value is -3.42. The van der Waals surface area contributed by atoms with Crippen LogP contribution in [-0.4, -0.2) is 25.7 Å². The fraction of sp³-hybridized carbons (Fsp3) is 0.176. The number of hydrogen-bond acceptors (Lipinski definition) is 5. The molecule has 0 bridgehead atoms. The Balaban J connectivity index is 1.72. The molecule has 25 heavy (non-hydrogen) atoms. The van der Waals surface area contributed by atoms with Crippen molar-refractivity contribution in [1.29, 1.82) is 0 Å². The lowest BCUT2D eigenvalue weighted by Crippen LogP contribution is -2.16. The van der Waals surface area contributed by atoms with Crippen molar-refractivity contribution in [1.82, 2.24) is 19.6 Å². The smallest absolute Gasteiger partial charge is 0.409 e. The van der Waals surface area contributed by atoms with Crippen LogP contribution in [0.4, 0.5) is 4.79 Å². The summed E-state index contributed by atoms with van der Waals surface area (Å²) in [4.78, 5) is 22.7. The first-order valence-electron chi connectivity index (χ1n) is 7.65. The van der Waals surface area contributed by atoms with Crippen molar-refractivity contribution in [2.45, 2.75) is 12.8 Å². The number of nitrogens with zero attached hydrogens (tertiary/aromatic N) is 4. The molecule has 2 heterocycles. The number of nitrogens with two attached hydrogens (primary N) is 1. The molecule has 0 aliphatic rings. The number of carbonyl (C=O) groups excluding carboxylic acids is 1. The van der Waals surface area contributed by atoms with Crippen molar-refractivity contribution < 1.29 is 9.53 Å². The zero-order valence-electron chi connectivity index (χ0n) is 13.6. The topological polar surface area (TPSA) is 105 Å². The van der Waals surface area contributed by atoms with Gasteiger partial charge in [-0.3, -0.25) is 9.48 Å². The molecular weight excluding hydrogens is 322 g/mol. The van der Waals surface area contributed by atoms with E-state index in [2.05, 4.69) is 10.2 Å². The number of ether oxygens (including phenoxy) is 1.